The van der Waals surface area contributed by atoms with E-state index in [2.05, 4.69) is 41.1 Å². The molecular formula is C28H28N4O2. The lowest BCUT2D eigenvalue weighted by Gasteiger charge is -2.44. The van der Waals surface area contributed by atoms with Gasteiger partial charge in [0.25, 0.3) is 5.91 Å². The van der Waals surface area contributed by atoms with Crippen LogP contribution in [-0.2, 0) is 6.61 Å². The van der Waals surface area contributed by atoms with E-state index in [1.165, 1.54) is 0 Å². The molecule has 0 radical (unpaired) electrons. The molecule has 1 aliphatic heterocycles. The van der Waals surface area contributed by atoms with Gasteiger partial charge in [-0.25, -0.2) is 0 Å². The summed E-state index contributed by atoms with van der Waals surface area (Å²) >= 11 is 0. The molecule has 1 aromatic heterocycles. The van der Waals surface area contributed by atoms with Crippen molar-refractivity contribution in [1.82, 2.24) is 15.1 Å². The summed E-state index contributed by atoms with van der Waals surface area (Å²) in [6, 6.07) is 25.6. The van der Waals surface area contributed by atoms with Crippen molar-refractivity contribution in [3.63, 3.8) is 0 Å². The number of carbonyl (C=O) groups excluding carboxylic acids is 1. The zero-order valence-electron chi connectivity index (χ0n) is 19.4. The van der Waals surface area contributed by atoms with Gasteiger partial charge in [0, 0.05) is 47.1 Å². The van der Waals surface area contributed by atoms with Gasteiger partial charge in [0.15, 0.2) is 5.82 Å². The van der Waals surface area contributed by atoms with Crippen molar-refractivity contribution in [2.75, 3.05) is 18.0 Å². The van der Waals surface area contributed by atoms with Gasteiger partial charge in [-0.2, -0.15) is 0 Å². The maximum atomic E-state index is 13.1. The molecule has 2 atom stereocenters. The van der Waals surface area contributed by atoms with Gasteiger partial charge in [0.2, 0.25) is 0 Å². The number of aliphatic hydroxyl groups is 1. The molecule has 172 valence electrons. The van der Waals surface area contributed by atoms with Crippen LogP contribution in [0.2, 0.25) is 0 Å². The SMILES string of the molecule is C[C@@H]1CN(C(=O)c2ccccc2)[C@@H](C)CN1c1nnc(-c2ccc(CO)cc2)c2ccccc12. The molecule has 2 heterocycles. The molecule has 3 aromatic carbocycles. The van der Waals surface area contributed by atoms with Gasteiger partial charge in [-0.1, -0.05) is 66.7 Å². The number of hydrogen-bond donors (Lipinski definition) is 1. The first kappa shape index (κ1) is 22.0. The summed E-state index contributed by atoms with van der Waals surface area (Å²) < 4.78 is 0. The number of carbonyl (C=O) groups is 1. The Balaban J connectivity index is 1.47. The van der Waals surface area contributed by atoms with Crippen molar-refractivity contribution in [1.29, 1.82) is 0 Å². The van der Waals surface area contributed by atoms with Gasteiger partial charge in [-0.05, 0) is 31.5 Å². The highest BCUT2D eigenvalue weighted by atomic mass is 16.3. The summed E-state index contributed by atoms with van der Waals surface area (Å²) in [7, 11) is 0. The first-order valence-electron chi connectivity index (χ1n) is 11.6. The minimum absolute atomic E-state index is 0.0144. The number of rotatable bonds is 4. The van der Waals surface area contributed by atoms with Crippen LogP contribution in [0.5, 0.6) is 0 Å². The second-order valence-electron chi connectivity index (χ2n) is 8.95. The summed E-state index contributed by atoms with van der Waals surface area (Å²) in [6.45, 7) is 5.54. The molecule has 1 amide bonds. The Kier molecular flexibility index (Phi) is 5.99. The number of amides is 1. The van der Waals surface area contributed by atoms with E-state index in [1.807, 2.05) is 71.6 Å². The monoisotopic (exact) mass is 452 g/mol. The van der Waals surface area contributed by atoms with Crippen molar-refractivity contribution in [2.45, 2.75) is 32.5 Å². The summed E-state index contributed by atoms with van der Waals surface area (Å²) in [5, 5.41) is 20.8. The van der Waals surface area contributed by atoms with Crippen molar-refractivity contribution < 1.29 is 9.90 Å². The van der Waals surface area contributed by atoms with Crippen molar-refractivity contribution in [3.05, 3.63) is 90.0 Å². The third-order valence-electron chi connectivity index (χ3n) is 6.62. The highest BCUT2D eigenvalue weighted by molar-refractivity contribution is 6.00. The third-order valence-corrected chi connectivity index (χ3v) is 6.62. The topological polar surface area (TPSA) is 69.6 Å². The first-order valence-corrected chi connectivity index (χ1v) is 11.6. The first-order chi connectivity index (χ1) is 16.6. The van der Waals surface area contributed by atoms with Gasteiger partial charge in [0.1, 0.15) is 5.69 Å². The lowest BCUT2D eigenvalue weighted by molar-refractivity contribution is 0.0644. The second-order valence-corrected chi connectivity index (χ2v) is 8.95. The molecule has 1 N–H and O–H groups in total. The van der Waals surface area contributed by atoms with E-state index < -0.39 is 0 Å². The molecule has 0 aliphatic carbocycles. The normalized spacial score (nSPS) is 18.3. The van der Waals surface area contributed by atoms with E-state index in [9.17, 15) is 9.90 Å². The predicted octanol–water partition coefficient (Wildman–Crippen LogP) is 4.53. The van der Waals surface area contributed by atoms with Crippen LogP contribution in [0.3, 0.4) is 0 Å². The highest BCUT2D eigenvalue weighted by Gasteiger charge is 2.34. The molecule has 5 rings (SSSR count). The van der Waals surface area contributed by atoms with Crippen LogP contribution in [0.1, 0.15) is 29.8 Å². The van der Waals surface area contributed by atoms with Crippen LogP contribution in [-0.4, -0.2) is 51.3 Å². The Morgan fingerprint density at radius 3 is 2.24 bits per heavy atom. The van der Waals surface area contributed by atoms with Gasteiger partial charge < -0.3 is 14.9 Å². The van der Waals surface area contributed by atoms with E-state index in [4.69, 9.17) is 0 Å². The molecule has 6 heteroatoms. The quantitative estimate of drug-likeness (QED) is 0.493. The van der Waals surface area contributed by atoms with Crippen LogP contribution in [0, 0.1) is 0 Å². The summed E-state index contributed by atoms with van der Waals surface area (Å²) in [6.07, 6.45) is 0. The van der Waals surface area contributed by atoms with E-state index in [0.717, 1.165) is 39.0 Å². The molecule has 1 aliphatic rings. The van der Waals surface area contributed by atoms with Crippen LogP contribution in [0.25, 0.3) is 22.0 Å². The number of aliphatic hydroxyl groups excluding tert-OH is 1. The number of nitrogens with zero attached hydrogens (tertiary/aromatic N) is 4. The predicted molar refractivity (Wildman–Crippen MR) is 135 cm³/mol. The fourth-order valence-electron chi connectivity index (χ4n) is 4.73. The van der Waals surface area contributed by atoms with Crippen LogP contribution in [0.15, 0.2) is 78.9 Å². The minimum Gasteiger partial charge on any atom is -0.392 e. The molecule has 1 fully saturated rings. The molecule has 0 saturated carbocycles. The number of anilines is 1. The van der Waals surface area contributed by atoms with E-state index in [-0.39, 0.29) is 24.6 Å². The maximum absolute atomic E-state index is 13.1. The van der Waals surface area contributed by atoms with Crippen molar-refractivity contribution in [3.8, 4) is 11.3 Å². The van der Waals surface area contributed by atoms with Gasteiger partial charge in [0.05, 0.1) is 6.61 Å². The van der Waals surface area contributed by atoms with Gasteiger partial charge >= 0.3 is 0 Å². The molecule has 0 bridgehead atoms. The van der Waals surface area contributed by atoms with Gasteiger partial charge in [-0.15, -0.1) is 10.2 Å². The van der Waals surface area contributed by atoms with Crippen LogP contribution < -0.4 is 4.90 Å². The molecule has 0 spiro atoms. The van der Waals surface area contributed by atoms with Crippen molar-refractivity contribution in [2.24, 2.45) is 0 Å². The lowest BCUT2D eigenvalue weighted by Crippen LogP contribution is -2.58. The lowest BCUT2D eigenvalue weighted by atomic mass is 10.0. The zero-order chi connectivity index (χ0) is 23.7. The summed E-state index contributed by atoms with van der Waals surface area (Å²) in [5.41, 5.74) is 3.37. The van der Waals surface area contributed by atoms with Crippen molar-refractivity contribution >= 4 is 22.5 Å². The second kappa shape index (κ2) is 9.23. The average Bonchev–Trinajstić information content (AvgIpc) is 2.89. The van der Waals surface area contributed by atoms with E-state index >= 15 is 0 Å². The zero-order valence-corrected chi connectivity index (χ0v) is 19.4. The third kappa shape index (κ3) is 4.01. The Hall–Kier alpha value is -3.77. The maximum Gasteiger partial charge on any atom is 0.254 e. The Morgan fingerprint density at radius 2 is 1.53 bits per heavy atom. The number of benzene rings is 3. The molecular weight excluding hydrogens is 424 g/mol. The molecule has 1 saturated heterocycles. The van der Waals surface area contributed by atoms with E-state index in [0.29, 0.717) is 13.1 Å². The fourth-order valence-corrected chi connectivity index (χ4v) is 4.73. The molecule has 0 unspecified atom stereocenters. The number of aromatic nitrogens is 2. The summed E-state index contributed by atoms with van der Waals surface area (Å²) in [5.74, 6) is 0.912. The average molecular weight is 453 g/mol. The fraction of sp³-hybridized carbons (Fsp3) is 0.250. The number of hydrogen-bond acceptors (Lipinski definition) is 5. The minimum atomic E-state index is 0.0144. The Morgan fingerprint density at radius 1 is 0.853 bits per heavy atom. The smallest absolute Gasteiger partial charge is 0.254 e. The molecule has 6 nitrogen and oxygen atoms in total. The Bertz CT molecular complexity index is 1310. The Labute approximate surface area is 199 Å². The largest absolute Gasteiger partial charge is 0.392 e. The van der Waals surface area contributed by atoms with E-state index in [1.54, 1.807) is 0 Å². The standard InChI is InChI=1S/C28H28N4O2/c1-19-17-32(28(34)23-8-4-3-5-9-23)20(2)16-31(19)27-25-11-7-6-10-24(25)26(29-30-27)22-14-12-21(18-33)13-15-22/h3-15,19-20,33H,16-18H2,1-2H3/t19-,20+/m1/s1. The molecule has 34 heavy (non-hydrogen) atoms. The van der Waals surface area contributed by atoms with Crippen LogP contribution in [0.4, 0.5) is 5.82 Å². The molecule has 4 aromatic rings. The number of piperazine rings is 1. The number of fused-ring (bicyclic) bond motifs is 1. The van der Waals surface area contributed by atoms with Crippen LogP contribution >= 0.6 is 0 Å². The highest BCUT2D eigenvalue weighted by Crippen LogP contribution is 2.33. The summed E-state index contributed by atoms with van der Waals surface area (Å²) in [4.78, 5) is 17.4. The van der Waals surface area contributed by atoms with Gasteiger partial charge in [-0.3, -0.25) is 4.79 Å².